The summed E-state index contributed by atoms with van der Waals surface area (Å²) >= 11 is 0. The maximum Gasteiger partial charge on any atom is 0.267 e. The molecular formula is C8H20F2O8S2. The molecule has 8 nitrogen and oxygen atoms in total. The van der Waals surface area contributed by atoms with Gasteiger partial charge in [0, 0.05) is 0 Å². The van der Waals surface area contributed by atoms with Gasteiger partial charge in [-0.05, 0) is 6.42 Å². The highest BCUT2D eigenvalue weighted by molar-refractivity contribution is 7.86. The Hall–Kier alpha value is -0.400. The molecule has 0 aliphatic rings. The van der Waals surface area contributed by atoms with Gasteiger partial charge in [0.1, 0.15) is 24.9 Å². The molecule has 0 fully saturated rings. The minimum atomic E-state index is -4.05. The maximum absolute atomic E-state index is 10.9. The van der Waals surface area contributed by atoms with E-state index in [-0.39, 0.29) is 6.61 Å². The SMILES string of the molecule is CCC(O)CO.O=S(=O)(O)CCF.O=S(=O)(O)CCF. The van der Waals surface area contributed by atoms with Gasteiger partial charge in [-0.2, -0.15) is 16.8 Å². The van der Waals surface area contributed by atoms with Crippen LogP contribution < -0.4 is 0 Å². The molecule has 0 aromatic carbocycles. The van der Waals surface area contributed by atoms with Gasteiger partial charge in [-0.15, -0.1) is 0 Å². The van der Waals surface area contributed by atoms with Crippen LogP contribution >= 0.6 is 0 Å². The predicted octanol–water partition coefficient (Wildman–Crippen LogP) is -0.563. The van der Waals surface area contributed by atoms with E-state index in [9.17, 15) is 25.6 Å². The second-order valence-electron chi connectivity index (χ2n) is 3.19. The Kier molecular flexibility index (Phi) is 16.7. The van der Waals surface area contributed by atoms with Gasteiger partial charge in [-0.1, -0.05) is 6.92 Å². The quantitative estimate of drug-likeness (QED) is 0.467. The molecule has 4 N–H and O–H groups in total. The minimum absolute atomic E-state index is 0.115. The number of hydrogen-bond acceptors (Lipinski definition) is 6. The fourth-order valence-corrected chi connectivity index (χ4v) is 0.714. The normalized spacial score (nSPS) is 12.6. The van der Waals surface area contributed by atoms with Crippen molar-refractivity contribution in [3.05, 3.63) is 0 Å². The smallest absolute Gasteiger partial charge is 0.267 e. The van der Waals surface area contributed by atoms with E-state index in [1.165, 1.54) is 0 Å². The summed E-state index contributed by atoms with van der Waals surface area (Å²) in [5.41, 5.74) is 0. The summed E-state index contributed by atoms with van der Waals surface area (Å²) in [5, 5.41) is 16.5. The standard InChI is InChI=1S/C4H10O2.2C2H5FO3S/c1-2-4(6)3-5;2*3-1-2-7(4,5)6/h4-6H,2-3H2,1H3;2*1-2H2,(H,4,5,6). The van der Waals surface area contributed by atoms with Crippen LogP contribution in [0.5, 0.6) is 0 Å². The summed E-state index contributed by atoms with van der Waals surface area (Å²) in [6.07, 6.45) is 0.126. The van der Waals surface area contributed by atoms with Crippen LogP contribution in [-0.4, -0.2) is 73.7 Å². The Morgan fingerprint density at radius 3 is 1.25 bits per heavy atom. The van der Waals surface area contributed by atoms with Crippen molar-refractivity contribution in [1.29, 1.82) is 0 Å². The van der Waals surface area contributed by atoms with Gasteiger partial charge in [0.2, 0.25) is 0 Å². The maximum atomic E-state index is 10.9. The Morgan fingerprint density at radius 1 is 0.950 bits per heavy atom. The first-order valence-corrected chi connectivity index (χ1v) is 8.46. The molecule has 0 bridgehead atoms. The van der Waals surface area contributed by atoms with Crippen LogP contribution in [0.4, 0.5) is 8.78 Å². The monoisotopic (exact) mass is 346 g/mol. The summed E-state index contributed by atoms with van der Waals surface area (Å²) in [6.45, 7) is -0.352. The third-order valence-electron chi connectivity index (χ3n) is 1.35. The molecule has 0 amide bonds. The first kappa shape index (κ1) is 24.6. The van der Waals surface area contributed by atoms with Crippen molar-refractivity contribution in [3.8, 4) is 0 Å². The van der Waals surface area contributed by atoms with E-state index in [4.69, 9.17) is 19.3 Å². The molecule has 0 aromatic rings. The van der Waals surface area contributed by atoms with Crippen LogP contribution in [-0.2, 0) is 20.2 Å². The molecule has 0 saturated heterocycles. The molecule has 0 heterocycles. The van der Waals surface area contributed by atoms with Crippen LogP contribution in [0.1, 0.15) is 13.3 Å². The summed E-state index contributed by atoms with van der Waals surface area (Å²) in [4.78, 5) is 0. The van der Waals surface area contributed by atoms with Gasteiger partial charge in [-0.25, -0.2) is 8.78 Å². The Bertz CT molecular complexity index is 357. The van der Waals surface area contributed by atoms with E-state index in [0.29, 0.717) is 6.42 Å². The van der Waals surface area contributed by atoms with Crippen molar-refractivity contribution in [1.82, 2.24) is 0 Å². The minimum Gasteiger partial charge on any atom is -0.394 e. The Morgan fingerprint density at radius 2 is 1.25 bits per heavy atom. The van der Waals surface area contributed by atoms with Crippen molar-refractivity contribution in [2.75, 3.05) is 31.5 Å². The fraction of sp³-hybridized carbons (Fsp3) is 1.00. The zero-order valence-electron chi connectivity index (χ0n) is 10.8. The molecule has 20 heavy (non-hydrogen) atoms. The number of aliphatic hydroxyl groups is 2. The number of aliphatic hydroxyl groups excluding tert-OH is 2. The number of halogens is 2. The van der Waals surface area contributed by atoms with E-state index in [0.717, 1.165) is 0 Å². The Balaban J connectivity index is -0.000000218. The molecule has 0 aromatic heterocycles. The predicted molar refractivity (Wildman–Crippen MR) is 68.2 cm³/mol. The van der Waals surface area contributed by atoms with Gasteiger partial charge < -0.3 is 10.2 Å². The fourth-order valence-electron chi connectivity index (χ4n) is 0.324. The molecule has 0 rings (SSSR count). The third kappa shape index (κ3) is 36.0. The van der Waals surface area contributed by atoms with Gasteiger partial charge >= 0.3 is 0 Å². The second-order valence-corrected chi connectivity index (χ2v) is 6.34. The van der Waals surface area contributed by atoms with Gasteiger partial charge in [0.15, 0.2) is 0 Å². The third-order valence-corrected chi connectivity index (χ3v) is 2.69. The molecule has 0 radical (unpaired) electrons. The lowest BCUT2D eigenvalue weighted by molar-refractivity contribution is 0.0923. The zero-order valence-corrected chi connectivity index (χ0v) is 12.4. The summed E-state index contributed by atoms with van der Waals surface area (Å²) < 4.78 is 75.6. The van der Waals surface area contributed by atoms with Crippen molar-refractivity contribution in [2.45, 2.75) is 19.4 Å². The average Bonchev–Trinajstić information content (AvgIpc) is 2.26. The lowest BCUT2D eigenvalue weighted by Crippen LogP contribution is -2.08. The lowest BCUT2D eigenvalue weighted by Gasteiger charge is -1.97. The molecule has 12 heteroatoms. The van der Waals surface area contributed by atoms with Gasteiger partial charge in [0.05, 0.1) is 12.7 Å². The first-order valence-electron chi connectivity index (χ1n) is 5.24. The van der Waals surface area contributed by atoms with Crippen LogP contribution in [0.15, 0.2) is 0 Å². The van der Waals surface area contributed by atoms with Crippen molar-refractivity contribution >= 4 is 20.2 Å². The molecule has 0 saturated carbocycles. The summed E-state index contributed by atoms with van der Waals surface area (Å²) in [7, 11) is -8.10. The van der Waals surface area contributed by atoms with E-state index in [2.05, 4.69) is 0 Å². The van der Waals surface area contributed by atoms with E-state index < -0.39 is 51.2 Å². The van der Waals surface area contributed by atoms with E-state index >= 15 is 0 Å². The number of alkyl halides is 2. The summed E-state index contributed by atoms with van der Waals surface area (Å²) in [5.74, 6) is -1.60. The van der Waals surface area contributed by atoms with Crippen LogP contribution in [0, 0.1) is 0 Å². The molecule has 0 aliphatic carbocycles. The highest BCUT2D eigenvalue weighted by Crippen LogP contribution is 1.83. The van der Waals surface area contributed by atoms with Gasteiger partial charge in [-0.3, -0.25) is 9.11 Å². The zero-order chi connectivity index (χ0) is 16.8. The van der Waals surface area contributed by atoms with Gasteiger partial charge in [0.25, 0.3) is 20.2 Å². The number of hydrogen-bond donors (Lipinski definition) is 4. The van der Waals surface area contributed by atoms with E-state index in [1.807, 2.05) is 6.92 Å². The number of rotatable bonds is 6. The lowest BCUT2D eigenvalue weighted by atomic mass is 10.3. The molecule has 1 unspecified atom stereocenters. The topological polar surface area (TPSA) is 149 Å². The molecule has 126 valence electrons. The Labute approximate surface area is 116 Å². The first-order chi connectivity index (χ1) is 8.93. The van der Waals surface area contributed by atoms with Crippen LogP contribution in [0.2, 0.25) is 0 Å². The largest absolute Gasteiger partial charge is 0.394 e. The molecule has 0 aliphatic heterocycles. The van der Waals surface area contributed by atoms with Crippen LogP contribution in [0.25, 0.3) is 0 Å². The molecule has 0 spiro atoms. The molecule has 1 atom stereocenters. The van der Waals surface area contributed by atoms with Crippen molar-refractivity contribution in [2.24, 2.45) is 0 Å². The second kappa shape index (κ2) is 13.6. The van der Waals surface area contributed by atoms with Crippen LogP contribution in [0.3, 0.4) is 0 Å². The highest BCUT2D eigenvalue weighted by atomic mass is 32.2. The average molecular weight is 346 g/mol. The summed E-state index contributed by atoms with van der Waals surface area (Å²) in [6, 6.07) is 0. The molecular weight excluding hydrogens is 326 g/mol. The van der Waals surface area contributed by atoms with Crippen molar-refractivity contribution in [3.63, 3.8) is 0 Å². The van der Waals surface area contributed by atoms with E-state index in [1.54, 1.807) is 0 Å². The highest BCUT2D eigenvalue weighted by Gasteiger charge is 2.00. The van der Waals surface area contributed by atoms with Crippen molar-refractivity contribution < 1.29 is 44.9 Å².